The quantitative estimate of drug-likeness (QED) is 0.110. The normalized spacial score (nSPS) is 11.4. The van der Waals surface area contributed by atoms with Crippen LogP contribution in [0.5, 0.6) is 5.75 Å². The number of carbonyl (C=O) groups is 2. The maximum absolute atomic E-state index is 12.4. The minimum absolute atomic E-state index is 0.00751. The second-order valence-corrected chi connectivity index (χ2v) is 8.55. The van der Waals surface area contributed by atoms with Gasteiger partial charge in [-0.3, -0.25) is 9.59 Å². The summed E-state index contributed by atoms with van der Waals surface area (Å²) in [4.78, 5) is 24.8. The molecule has 0 saturated carbocycles. The van der Waals surface area contributed by atoms with Crippen LogP contribution >= 0.6 is 34.8 Å². The van der Waals surface area contributed by atoms with Crippen molar-refractivity contribution in [2.75, 3.05) is 6.61 Å². The third-order valence-corrected chi connectivity index (χ3v) is 5.42. The fourth-order valence-corrected chi connectivity index (χ4v) is 3.12. The SMILES string of the molecule is CCCCCCCCCCOC(=O)C(C)(C)C(=O)Oc1cc(Cl)cc(Cl)c1Cl. The van der Waals surface area contributed by atoms with E-state index in [0.717, 1.165) is 19.3 Å². The standard InChI is InChI=1S/C21H29Cl3O4/c1-4-5-6-7-8-9-10-11-12-27-19(25)21(2,3)20(26)28-17-14-15(22)13-16(23)18(17)24/h13-14H,4-12H2,1-3H3. The Balaban J connectivity index is 2.42. The fraction of sp³-hybridized carbons (Fsp3) is 0.619. The average molecular weight is 452 g/mol. The molecule has 0 aliphatic heterocycles. The minimum Gasteiger partial charge on any atom is -0.465 e. The molecule has 0 radical (unpaired) electrons. The Hall–Kier alpha value is -0.970. The predicted octanol–water partition coefficient (Wildman–Crippen LogP) is 7.26. The molecule has 0 aliphatic carbocycles. The number of halogens is 3. The molecular weight excluding hydrogens is 423 g/mol. The molecule has 0 saturated heterocycles. The van der Waals surface area contributed by atoms with Crippen LogP contribution < -0.4 is 4.74 Å². The van der Waals surface area contributed by atoms with E-state index in [0.29, 0.717) is 0 Å². The fourth-order valence-electron chi connectivity index (χ4n) is 2.50. The summed E-state index contributed by atoms with van der Waals surface area (Å²) in [5.74, 6) is -1.41. The van der Waals surface area contributed by atoms with Crippen molar-refractivity contribution < 1.29 is 19.1 Å². The van der Waals surface area contributed by atoms with Gasteiger partial charge in [0.25, 0.3) is 0 Å². The number of benzene rings is 1. The zero-order valence-electron chi connectivity index (χ0n) is 16.8. The molecule has 0 heterocycles. The number of ether oxygens (including phenoxy) is 2. The average Bonchev–Trinajstić information content (AvgIpc) is 2.64. The second kappa shape index (κ2) is 12.6. The molecule has 0 aromatic heterocycles. The summed E-state index contributed by atoms with van der Waals surface area (Å²) >= 11 is 17.9. The van der Waals surface area contributed by atoms with Gasteiger partial charge in [-0.15, -0.1) is 0 Å². The molecule has 0 amide bonds. The predicted molar refractivity (Wildman–Crippen MR) is 114 cm³/mol. The molecule has 0 aliphatic rings. The van der Waals surface area contributed by atoms with Gasteiger partial charge in [-0.05, 0) is 26.3 Å². The van der Waals surface area contributed by atoms with Crippen LogP contribution in [0.4, 0.5) is 0 Å². The van der Waals surface area contributed by atoms with E-state index in [1.165, 1.54) is 58.1 Å². The maximum Gasteiger partial charge on any atom is 0.328 e. The molecule has 0 N–H and O–H groups in total. The van der Waals surface area contributed by atoms with Crippen LogP contribution in [0.3, 0.4) is 0 Å². The molecule has 1 aromatic rings. The van der Waals surface area contributed by atoms with Gasteiger partial charge >= 0.3 is 11.9 Å². The Morgan fingerprint density at radius 3 is 2.07 bits per heavy atom. The lowest BCUT2D eigenvalue weighted by Crippen LogP contribution is -2.38. The highest BCUT2D eigenvalue weighted by Crippen LogP contribution is 2.36. The Morgan fingerprint density at radius 2 is 1.46 bits per heavy atom. The Morgan fingerprint density at radius 1 is 0.893 bits per heavy atom. The van der Waals surface area contributed by atoms with E-state index in [4.69, 9.17) is 44.3 Å². The van der Waals surface area contributed by atoms with Gasteiger partial charge in [0.1, 0.15) is 5.02 Å². The third kappa shape index (κ3) is 8.18. The summed E-state index contributed by atoms with van der Waals surface area (Å²) in [7, 11) is 0. The number of rotatable bonds is 12. The van der Waals surface area contributed by atoms with Crippen LogP contribution in [0.1, 0.15) is 72.1 Å². The summed E-state index contributed by atoms with van der Waals surface area (Å²) in [6.07, 6.45) is 9.17. The molecule has 0 unspecified atom stereocenters. The van der Waals surface area contributed by atoms with Crippen LogP contribution in [0.15, 0.2) is 12.1 Å². The van der Waals surface area contributed by atoms with Crippen molar-refractivity contribution in [1.29, 1.82) is 0 Å². The van der Waals surface area contributed by atoms with Crippen molar-refractivity contribution in [1.82, 2.24) is 0 Å². The van der Waals surface area contributed by atoms with E-state index in [1.807, 2.05) is 0 Å². The topological polar surface area (TPSA) is 52.6 Å². The third-order valence-electron chi connectivity index (χ3n) is 4.41. The Bertz CT molecular complexity index is 659. The van der Waals surface area contributed by atoms with E-state index >= 15 is 0 Å². The van der Waals surface area contributed by atoms with Crippen LogP contribution in [0.2, 0.25) is 15.1 Å². The Kier molecular flexibility index (Phi) is 11.2. The maximum atomic E-state index is 12.4. The molecular formula is C21H29Cl3O4. The zero-order valence-corrected chi connectivity index (χ0v) is 19.1. The highest BCUT2D eigenvalue weighted by atomic mass is 35.5. The van der Waals surface area contributed by atoms with E-state index in [2.05, 4.69) is 6.92 Å². The van der Waals surface area contributed by atoms with E-state index in [9.17, 15) is 9.59 Å². The van der Waals surface area contributed by atoms with Gasteiger partial charge in [0.05, 0.1) is 11.6 Å². The van der Waals surface area contributed by atoms with Gasteiger partial charge in [-0.2, -0.15) is 0 Å². The monoisotopic (exact) mass is 450 g/mol. The van der Waals surface area contributed by atoms with Gasteiger partial charge in [0, 0.05) is 11.1 Å². The summed E-state index contributed by atoms with van der Waals surface area (Å²) in [5.41, 5.74) is -1.47. The largest absolute Gasteiger partial charge is 0.465 e. The van der Waals surface area contributed by atoms with Crippen LogP contribution in [0, 0.1) is 5.41 Å². The first-order valence-corrected chi connectivity index (χ1v) is 10.9. The first kappa shape index (κ1) is 25.1. The first-order valence-electron chi connectivity index (χ1n) is 9.74. The van der Waals surface area contributed by atoms with Crippen LogP contribution in [-0.4, -0.2) is 18.5 Å². The molecule has 0 spiro atoms. The molecule has 1 aromatic carbocycles. The zero-order chi connectivity index (χ0) is 21.2. The summed E-state index contributed by atoms with van der Waals surface area (Å²) in [5, 5.41) is 0.488. The number of carbonyl (C=O) groups excluding carboxylic acids is 2. The molecule has 0 bridgehead atoms. The van der Waals surface area contributed by atoms with Gasteiger partial charge < -0.3 is 9.47 Å². The lowest BCUT2D eigenvalue weighted by atomic mass is 9.94. The van der Waals surface area contributed by atoms with Crippen molar-refractivity contribution in [2.45, 2.75) is 72.1 Å². The van der Waals surface area contributed by atoms with Gasteiger partial charge in [0.15, 0.2) is 11.2 Å². The Labute approximate surface area is 182 Å². The van der Waals surface area contributed by atoms with Gasteiger partial charge in [-0.1, -0.05) is 86.7 Å². The van der Waals surface area contributed by atoms with Gasteiger partial charge in [0.2, 0.25) is 0 Å². The van der Waals surface area contributed by atoms with Gasteiger partial charge in [-0.25, -0.2) is 0 Å². The van der Waals surface area contributed by atoms with Crippen molar-refractivity contribution in [2.24, 2.45) is 5.41 Å². The number of hydrogen-bond donors (Lipinski definition) is 0. The second-order valence-electron chi connectivity index (χ2n) is 7.33. The summed E-state index contributed by atoms with van der Waals surface area (Å²) in [6, 6.07) is 2.81. The lowest BCUT2D eigenvalue weighted by Gasteiger charge is -2.21. The highest BCUT2D eigenvalue weighted by molar-refractivity contribution is 6.44. The molecule has 0 fully saturated rings. The molecule has 7 heteroatoms. The summed E-state index contributed by atoms with van der Waals surface area (Å²) < 4.78 is 10.5. The van der Waals surface area contributed by atoms with E-state index < -0.39 is 17.4 Å². The van der Waals surface area contributed by atoms with Crippen molar-refractivity contribution in [3.05, 3.63) is 27.2 Å². The minimum atomic E-state index is -1.47. The van der Waals surface area contributed by atoms with E-state index in [-0.39, 0.29) is 27.4 Å². The van der Waals surface area contributed by atoms with Crippen molar-refractivity contribution >= 4 is 46.7 Å². The smallest absolute Gasteiger partial charge is 0.328 e. The van der Waals surface area contributed by atoms with Crippen molar-refractivity contribution in [3.63, 3.8) is 0 Å². The molecule has 28 heavy (non-hydrogen) atoms. The number of unbranched alkanes of at least 4 members (excludes halogenated alkanes) is 7. The first-order chi connectivity index (χ1) is 13.2. The molecule has 1 rings (SSSR count). The lowest BCUT2D eigenvalue weighted by molar-refractivity contribution is -0.164. The molecule has 158 valence electrons. The molecule has 4 nitrogen and oxygen atoms in total. The van der Waals surface area contributed by atoms with Crippen molar-refractivity contribution in [3.8, 4) is 5.75 Å². The molecule has 0 atom stereocenters. The van der Waals surface area contributed by atoms with E-state index in [1.54, 1.807) is 0 Å². The van der Waals surface area contributed by atoms with Crippen LogP contribution in [0.25, 0.3) is 0 Å². The van der Waals surface area contributed by atoms with Crippen LogP contribution in [-0.2, 0) is 14.3 Å². The number of hydrogen-bond acceptors (Lipinski definition) is 4. The number of esters is 2. The highest BCUT2D eigenvalue weighted by Gasteiger charge is 2.40. The summed E-state index contributed by atoms with van der Waals surface area (Å²) in [6.45, 7) is 5.38.